The lowest BCUT2D eigenvalue weighted by Crippen LogP contribution is -2.51. The van der Waals surface area contributed by atoms with Gasteiger partial charge < -0.3 is 19.9 Å². The summed E-state index contributed by atoms with van der Waals surface area (Å²) in [6.45, 7) is 4.96. The van der Waals surface area contributed by atoms with Crippen molar-refractivity contribution in [3.05, 3.63) is 53.6 Å². The van der Waals surface area contributed by atoms with Gasteiger partial charge in [-0.1, -0.05) is 23.7 Å². The van der Waals surface area contributed by atoms with Gasteiger partial charge in [-0.2, -0.15) is 0 Å². The molecule has 0 aliphatic carbocycles. The highest BCUT2D eigenvalue weighted by Gasteiger charge is 2.36. The highest BCUT2D eigenvalue weighted by atomic mass is 35.5. The zero-order valence-corrected chi connectivity index (χ0v) is 18.8. The van der Waals surface area contributed by atoms with Crippen LogP contribution in [0.15, 0.2) is 48.5 Å². The summed E-state index contributed by atoms with van der Waals surface area (Å²) in [4.78, 5) is 41.3. The molecule has 31 heavy (non-hydrogen) atoms. The number of amides is 3. The largest absolute Gasteiger partial charge is 0.478 e. The Bertz CT molecular complexity index is 991. The van der Waals surface area contributed by atoms with Gasteiger partial charge in [0.05, 0.1) is 17.9 Å². The molecule has 1 N–H and O–H groups in total. The van der Waals surface area contributed by atoms with E-state index in [2.05, 4.69) is 5.32 Å². The summed E-state index contributed by atoms with van der Waals surface area (Å²) < 4.78 is 5.85. The number of carbonyl (C=O) groups is 3. The molecule has 0 spiro atoms. The van der Waals surface area contributed by atoms with Gasteiger partial charge in [-0.05, 0) is 57.2 Å². The minimum Gasteiger partial charge on any atom is -0.478 e. The fourth-order valence-electron chi connectivity index (χ4n) is 3.62. The molecule has 3 amide bonds. The number of carbonyl (C=O) groups excluding carboxylic acids is 3. The number of ether oxygens (including phenoxy) is 1. The standard InChI is InChI=1S/C23H26ClN3O4/c1-15-13-20(28)25-18-7-5-6-8-19(18)27(15)21(29)14-26(4)22(30)23(2,3)31-17-11-9-16(24)10-12-17/h5-12,15H,13-14H2,1-4H3,(H,25,28)/t15-/m0/s1. The second kappa shape index (κ2) is 8.98. The number of nitrogens with zero attached hydrogens (tertiary/aromatic N) is 2. The number of anilines is 2. The smallest absolute Gasteiger partial charge is 0.266 e. The lowest BCUT2D eigenvalue weighted by atomic mass is 10.1. The summed E-state index contributed by atoms with van der Waals surface area (Å²) >= 11 is 5.90. The van der Waals surface area contributed by atoms with Crippen molar-refractivity contribution in [2.45, 2.75) is 38.8 Å². The van der Waals surface area contributed by atoms with Crippen LogP contribution in [0.4, 0.5) is 11.4 Å². The lowest BCUT2D eigenvalue weighted by Gasteiger charge is -2.33. The lowest BCUT2D eigenvalue weighted by molar-refractivity contribution is -0.146. The molecule has 1 aliphatic heterocycles. The Morgan fingerprint density at radius 1 is 1.19 bits per heavy atom. The number of rotatable bonds is 5. The van der Waals surface area contributed by atoms with Crippen LogP contribution in [-0.4, -0.2) is 47.9 Å². The van der Waals surface area contributed by atoms with Crippen LogP contribution >= 0.6 is 11.6 Å². The molecule has 0 radical (unpaired) electrons. The minimum atomic E-state index is -1.19. The molecule has 0 saturated heterocycles. The van der Waals surface area contributed by atoms with Gasteiger partial charge in [0.1, 0.15) is 5.75 Å². The fourth-order valence-corrected chi connectivity index (χ4v) is 3.75. The van der Waals surface area contributed by atoms with E-state index in [1.54, 1.807) is 74.3 Å². The van der Waals surface area contributed by atoms with Gasteiger partial charge in [0, 0.05) is 24.5 Å². The van der Waals surface area contributed by atoms with E-state index >= 15 is 0 Å². The predicted octanol–water partition coefficient (Wildman–Crippen LogP) is 3.72. The molecular weight excluding hydrogens is 418 g/mol. The second-order valence-corrected chi connectivity index (χ2v) is 8.55. The number of halogens is 1. The molecule has 0 unspecified atom stereocenters. The molecule has 8 heteroatoms. The van der Waals surface area contributed by atoms with Crippen LogP contribution in [0.25, 0.3) is 0 Å². The maximum atomic E-state index is 13.2. The number of fused-ring (bicyclic) bond motifs is 1. The molecule has 0 aromatic heterocycles. The first-order valence-electron chi connectivity index (χ1n) is 9.99. The van der Waals surface area contributed by atoms with E-state index < -0.39 is 5.60 Å². The van der Waals surface area contributed by atoms with Gasteiger partial charge in [0.2, 0.25) is 11.8 Å². The van der Waals surface area contributed by atoms with E-state index in [0.29, 0.717) is 22.1 Å². The van der Waals surface area contributed by atoms with Crippen LogP contribution in [0.2, 0.25) is 5.02 Å². The van der Waals surface area contributed by atoms with Crippen LogP contribution in [-0.2, 0) is 14.4 Å². The quantitative estimate of drug-likeness (QED) is 0.763. The van der Waals surface area contributed by atoms with Crippen LogP contribution in [0, 0.1) is 0 Å². The fraction of sp³-hybridized carbons (Fsp3) is 0.348. The minimum absolute atomic E-state index is 0.154. The van der Waals surface area contributed by atoms with Gasteiger partial charge in [-0.25, -0.2) is 0 Å². The van der Waals surface area contributed by atoms with Gasteiger partial charge in [0.15, 0.2) is 5.60 Å². The molecule has 2 aromatic rings. The maximum absolute atomic E-state index is 13.2. The normalized spacial score (nSPS) is 16.1. The summed E-state index contributed by atoms with van der Waals surface area (Å²) in [5, 5.41) is 3.39. The van der Waals surface area contributed by atoms with Gasteiger partial charge in [0.25, 0.3) is 5.91 Å². The average Bonchev–Trinajstić information content (AvgIpc) is 2.82. The highest BCUT2D eigenvalue weighted by Crippen LogP contribution is 2.31. The number of hydrogen-bond donors (Lipinski definition) is 1. The summed E-state index contributed by atoms with van der Waals surface area (Å²) in [5.74, 6) is -0.283. The third-order valence-corrected chi connectivity index (χ3v) is 5.30. The van der Waals surface area contributed by atoms with E-state index in [4.69, 9.17) is 16.3 Å². The molecule has 3 rings (SSSR count). The molecular formula is C23H26ClN3O4. The van der Waals surface area contributed by atoms with Gasteiger partial charge in [-0.15, -0.1) is 0 Å². The summed E-state index contributed by atoms with van der Waals surface area (Å²) in [6, 6.07) is 13.5. The Morgan fingerprint density at radius 2 is 1.84 bits per heavy atom. The van der Waals surface area contributed by atoms with E-state index in [1.165, 1.54) is 4.90 Å². The van der Waals surface area contributed by atoms with Crippen LogP contribution in [0.5, 0.6) is 5.75 Å². The van der Waals surface area contributed by atoms with Crippen LogP contribution in [0.3, 0.4) is 0 Å². The molecule has 0 bridgehead atoms. The number of hydrogen-bond acceptors (Lipinski definition) is 4. The first-order chi connectivity index (χ1) is 14.6. The zero-order valence-electron chi connectivity index (χ0n) is 18.0. The first-order valence-corrected chi connectivity index (χ1v) is 10.4. The number of likely N-dealkylation sites (N-methyl/N-ethyl adjacent to an activating group) is 1. The van der Waals surface area contributed by atoms with Crippen molar-refractivity contribution in [1.29, 1.82) is 0 Å². The molecule has 2 aromatic carbocycles. The van der Waals surface area contributed by atoms with E-state index in [-0.39, 0.29) is 36.7 Å². The molecule has 7 nitrogen and oxygen atoms in total. The number of benzene rings is 2. The Hall–Kier alpha value is -3.06. The molecule has 1 aliphatic rings. The Kier molecular flexibility index (Phi) is 6.55. The van der Waals surface area contributed by atoms with Gasteiger partial charge >= 0.3 is 0 Å². The van der Waals surface area contributed by atoms with E-state index in [9.17, 15) is 14.4 Å². The van der Waals surface area contributed by atoms with Crippen molar-refractivity contribution in [3.8, 4) is 5.75 Å². The monoisotopic (exact) mass is 443 g/mol. The molecule has 0 saturated carbocycles. The third-order valence-electron chi connectivity index (χ3n) is 5.05. The maximum Gasteiger partial charge on any atom is 0.266 e. The van der Waals surface area contributed by atoms with Crippen molar-refractivity contribution in [2.75, 3.05) is 23.8 Å². The zero-order chi connectivity index (χ0) is 22.8. The van der Waals surface area contributed by atoms with Crippen molar-refractivity contribution in [1.82, 2.24) is 4.90 Å². The van der Waals surface area contributed by atoms with Gasteiger partial charge in [-0.3, -0.25) is 14.4 Å². The SMILES string of the molecule is C[C@H]1CC(=O)Nc2ccccc2N1C(=O)CN(C)C(=O)C(C)(C)Oc1ccc(Cl)cc1. The molecule has 1 atom stereocenters. The van der Waals surface area contributed by atoms with E-state index in [1.807, 2.05) is 6.92 Å². The Labute approximate surface area is 186 Å². The van der Waals surface area contributed by atoms with E-state index in [0.717, 1.165) is 0 Å². The van der Waals surface area contributed by atoms with Crippen LogP contribution < -0.4 is 15.0 Å². The third kappa shape index (κ3) is 5.17. The summed E-state index contributed by atoms with van der Waals surface area (Å²) in [7, 11) is 1.56. The molecule has 1 heterocycles. The Balaban J connectivity index is 1.75. The summed E-state index contributed by atoms with van der Waals surface area (Å²) in [6.07, 6.45) is 0.170. The predicted molar refractivity (Wildman–Crippen MR) is 120 cm³/mol. The molecule has 164 valence electrons. The molecule has 0 fully saturated rings. The van der Waals surface area contributed by atoms with Crippen molar-refractivity contribution < 1.29 is 19.1 Å². The van der Waals surface area contributed by atoms with Crippen LogP contribution in [0.1, 0.15) is 27.2 Å². The highest BCUT2D eigenvalue weighted by molar-refractivity contribution is 6.30. The van der Waals surface area contributed by atoms with Crippen molar-refractivity contribution in [3.63, 3.8) is 0 Å². The topological polar surface area (TPSA) is 79.0 Å². The average molecular weight is 444 g/mol. The second-order valence-electron chi connectivity index (χ2n) is 8.11. The Morgan fingerprint density at radius 3 is 2.52 bits per heavy atom. The first kappa shape index (κ1) is 22.6. The van der Waals surface area contributed by atoms with Crippen molar-refractivity contribution >= 4 is 40.7 Å². The van der Waals surface area contributed by atoms with Crippen molar-refractivity contribution in [2.24, 2.45) is 0 Å². The number of nitrogens with one attached hydrogen (secondary N) is 1. The summed E-state index contributed by atoms with van der Waals surface area (Å²) in [5.41, 5.74) is -0.00293. The number of para-hydroxylation sites is 2.